The summed E-state index contributed by atoms with van der Waals surface area (Å²) in [5.74, 6) is 0.550. The molecular formula is C15H17N3O3. The summed E-state index contributed by atoms with van der Waals surface area (Å²) >= 11 is 0. The van der Waals surface area contributed by atoms with E-state index in [1.807, 2.05) is 37.3 Å². The molecule has 0 aliphatic carbocycles. The molecule has 0 fully saturated rings. The van der Waals surface area contributed by atoms with Crippen LogP contribution in [0.2, 0.25) is 0 Å². The number of oxime groups is 1. The normalized spacial score (nSPS) is 11.4. The minimum absolute atomic E-state index is 0.169. The number of pyridine rings is 1. The number of amidine groups is 1. The van der Waals surface area contributed by atoms with Gasteiger partial charge in [0.2, 0.25) is 0 Å². The number of hydrogen-bond donors (Lipinski definition) is 2. The summed E-state index contributed by atoms with van der Waals surface area (Å²) in [4.78, 5) is 12.3. The summed E-state index contributed by atoms with van der Waals surface area (Å²) in [7, 11) is 0. The maximum atomic E-state index is 12.3. The molecule has 0 bridgehead atoms. The van der Waals surface area contributed by atoms with Crippen molar-refractivity contribution in [1.29, 1.82) is 0 Å². The number of hydrogen-bond acceptors (Lipinski definition) is 4. The van der Waals surface area contributed by atoms with Gasteiger partial charge in [0.25, 0.3) is 5.56 Å². The van der Waals surface area contributed by atoms with Crippen LogP contribution in [0.4, 0.5) is 0 Å². The first-order chi connectivity index (χ1) is 10.1. The molecule has 0 saturated carbocycles. The Kier molecular flexibility index (Phi) is 4.61. The van der Waals surface area contributed by atoms with Gasteiger partial charge in [-0.05, 0) is 31.2 Å². The largest absolute Gasteiger partial charge is 0.492 e. The van der Waals surface area contributed by atoms with Crippen LogP contribution in [0.25, 0.3) is 0 Å². The van der Waals surface area contributed by atoms with E-state index in [2.05, 4.69) is 5.16 Å². The van der Waals surface area contributed by atoms with E-state index in [1.165, 1.54) is 4.57 Å². The Bertz CT molecular complexity index is 693. The van der Waals surface area contributed by atoms with Gasteiger partial charge in [-0.3, -0.25) is 4.79 Å². The summed E-state index contributed by atoms with van der Waals surface area (Å²) in [6.07, 6.45) is 0. The van der Waals surface area contributed by atoms with Crippen molar-refractivity contribution in [2.45, 2.75) is 13.5 Å². The minimum Gasteiger partial charge on any atom is -0.492 e. The third-order valence-electron chi connectivity index (χ3n) is 3.10. The van der Waals surface area contributed by atoms with Crippen molar-refractivity contribution in [1.82, 2.24) is 4.57 Å². The van der Waals surface area contributed by atoms with Gasteiger partial charge < -0.3 is 20.2 Å². The summed E-state index contributed by atoms with van der Waals surface area (Å²) in [5.41, 5.74) is 6.14. The minimum atomic E-state index is -0.304. The monoisotopic (exact) mass is 287 g/mol. The van der Waals surface area contributed by atoms with Crippen molar-refractivity contribution >= 4 is 5.84 Å². The fourth-order valence-corrected chi connectivity index (χ4v) is 1.97. The molecule has 6 heteroatoms. The lowest BCUT2D eigenvalue weighted by molar-refractivity contribution is 0.295. The molecule has 110 valence electrons. The van der Waals surface area contributed by atoms with Crippen LogP contribution in [0.3, 0.4) is 0 Å². The quantitative estimate of drug-likeness (QED) is 0.376. The van der Waals surface area contributed by atoms with Gasteiger partial charge in [0.05, 0.1) is 12.1 Å². The topological polar surface area (TPSA) is 89.8 Å². The van der Waals surface area contributed by atoms with Gasteiger partial charge in [0, 0.05) is 5.69 Å². The molecule has 6 nitrogen and oxygen atoms in total. The van der Waals surface area contributed by atoms with Crippen LogP contribution in [-0.2, 0) is 6.54 Å². The molecule has 2 aromatic rings. The molecule has 1 aromatic carbocycles. The van der Waals surface area contributed by atoms with Gasteiger partial charge in [0.15, 0.2) is 5.84 Å². The maximum absolute atomic E-state index is 12.3. The molecular weight excluding hydrogens is 270 g/mol. The highest BCUT2D eigenvalue weighted by atomic mass is 16.5. The highest BCUT2D eigenvalue weighted by Gasteiger charge is 2.10. The van der Waals surface area contributed by atoms with Crippen molar-refractivity contribution < 1.29 is 9.94 Å². The Labute approximate surface area is 122 Å². The molecule has 0 radical (unpaired) electrons. The number of nitrogens with two attached hydrogens (primary N) is 1. The number of benzene rings is 1. The van der Waals surface area contributed by atoms with Gasteiger partial charge in [-0.25, -0.2) is 0 Å². The zero-order valence-corrected chi connectivity index (χ0v) is 11.7. The standard InChI is InChI=1S/C15H17N3O3/c1-11-7-8-13(14(16)17-20)15(19)18(11)9-10-21-12-5-3-2-4-6-12/h2-8,20H,9-10H2,1H3,(H2,16,17). The summed E-state index contributed by atoms with van der Waals surface area (Å²) in [5, 5.41) is 11.6. The van der Waals surface area contributed by atoms with E-state index in [9.17, 15) is 4.79 Å². The first-order valence-electron chi connectivity index (χ1n) is 6.49. The highest BCUT2D eigenvalue weighted by Crippen LogP contribution is 2.08. The lowest BCUT2D eigenvalue weighted by Gasteiger charge is -2.12. The van der Waals surface area contributed by atoms with Crippen LogP contribution in [0.15, 0.2) is 52.4 Å². The van der Waals surface area contributed by atoms with Gasteiger partial charge >= 0.3 is 0 Å². The van der Waals surface area contributed by atoms with Crippen LogP contribution >= 0.6 is 0 Å². The third kappa shape index (κ3) is 3.42. The van der Waals surface area contributed by atoms with Crippen molar-refractivity contribution in [2.24, 2.45) is 10.9 Å². The van der Waals surface area contributed by atoms with Crippen molar-refractivity contribution in [3.8, 4) is 5.75 Å². The lowest BCUT2D eigenvalue weighted by Crippen LogP contribution is -2.32. The van der Waals surface area contributed by atoms with E-state index in [1.54, 1.807) is 12.1 Å². The summed E-state index contributed by atoms with van der Waals surface area (Å²) in [6, 6.07) is 12.7. The zero-order chi connectivity index (χ0) is 15.2. The van der Waals surface area contributed by atoms with Crippen LogP contribution < -0.4 is 16.0 Å². The molecule has 0 aliphatic rings. The number of aromatic nitrogens is 1. The maximum Gasteiger partial charge on any atom is 0.261 e. The van der Waals surface area contributed by atoms with Crippen molar-refractivity contribution in [3.05, 3.63) is 64.1 Å². The predicted octanol–water partition coefficient (Wildman–Crippen LogP) is 1.33. The molecule has 1 heterocycles. The number of rotatable bonds is 5. The number of nitrogens with zero attached hydrogens (tertiary/aromatic N) is 2. The SMILES string of the molecule is Cc1ccc(/C(N)=N/O)c(=O)n1CCOc1ccccc1. The van der Waals surface area contributed by atoms with Gasteiger partial charge in [0.1, 0.15) is 12.4 Å². The molecule has 21 heavy (non-hydrogen) atoms. The average Bonchev–Trinajstić information content (AvgIpc) is 2.51. The fourth-order valence-electron chi connectivity index (χ4n) is 1.97. The molecule has 0 spiro atoms. The van der Waals surface area contributed by atoms with Crippen molar-refractivity contribution in [2.75, 3.05) is 6.61 Å². The number of para-hydroxylation sites is 1. The van der Waals surface area contributed by atoms with E-state index in [4.69, 9.17) is 15.7 Å². The second kappa shape index (κ2) is 6.60. The molecule has 2 rings (SSSR count). The van der Waals surface area contributed by atoms with E-state index in [0.717, 1.165) is 11.4 Å². The van der Waals surface area contributed by atoms with Gasteiger partial charge in [-0.15, -0.1) is 0 Å². The molecule has 0 saturated heterocycles. The van der Waals surface area contributed by atoms with Crippen LogP contribution in [0.5, 0.6) is 5.75 Å². The molecule has 3 N–H and O–H groups in total. The molecule has 0 aliphatic heterocycles. The molecule has 0 unspecified atom stereocenters. The Morgan fingerprint density at radius 3 is 2.67 bits per heavy atom. The Balaban J connectivity index is 2.15. The molecule has 0 atom stereocenters. The fraction of sp³-hybridized carbons (Fsp3) is 0.200. The van der Waals surface area contributed by atoms with E-state index >= 15 is 0 Å². The van der Waals surface area contributed by atoms with Crippen LogP contribution in [0, 0.1) is 6.92 Å². The van der Waals surface area contributed by atoms with E-state index < -0.39 is 0 Å². The smallest absolute Gasteiger partial charge is 0.261 e. The number of aryl methyl sites for hydroxylation is 1. The van der Waals surface area contributed by atoms with Crippen LogP contribution in [0.1, 0.15) is 11.3 Å². The second-order valence-corrected chi connectivity index (χ2v) is 4.49. The van der Waals surface area contributed by atoms with E-state index in [0.29, 0.717) is 13.2 Å². The van der Waals surface area contributed by atoms with E-state index in [-0.39, 0.29) is 17.0 Å². The lowest BCUT2D eigenvalue weighted by atomic mass is 10.2. The van der Waals surface area contributed by atoms with Crippen molar-refractivity contribution in [3.63, 3.8) is 0 Å². The molecule has 1 aromatic heterocycles. The molecule has 0 amide bonds. The second-order valence-electron chi connectivity index (χ2n) is 4.49. The Morgan fingerprint density at radius 1 is 1.29 bits per heavy atom. The van der Waals surface area contributed by atoms with Gasteiger partial charge in [-0.1, -0.05) is 23.4 Å². The number of ether oxygens (including phenoxy) is 1. The first kappa shape index (κ1) is 14.6. The Hall–Kier alpha value is -2.76. The predicted molar refractivity (Wildman–Crippen MR) is 79.9 cm³/mol. The average molecular weight is 287 g/mol. The first-order valence-corrected chi connectivity index (χ1v) is 6.49. The highest BCUT2D eigenvalue weighted by molar-refractivity contribution is 5.96. The third-order valence-corrected chi connectivity index (χ3v) is 3.10. The Morgan fingerprint density at radius 2 is 2.00 bits per heavy atom. The summed E-state index contributed by atoms with van der Waals surface area (Å²) < 4.78 is 7.11. The summed E-state index contributed by atoms with van der Waals surface area (Å²) in [6.45, 7) is 2.55. The van der Waals surface area contributed by atoms with Gasteiger partial charge in [-0.2, -0.15) is 0 Å². The van der Waals surface area contributed by atoms with Crippen LogP contribution in [-0.4, -0.2) is 22.2 Å². The zero-order valence-electron chi connectivity index (χ0n) is 11.7.